The molecule has 0 radical (unpaired) electrons. The number of esters is 1. The predicted octanol–water partition coefficient (Wildman–Crippen LogP) is 3.80. The second kappa shape index (κ2) is 6.84. The molecule has 0 saturated heterocycles. The minimum absolute atomic E-state index is 0.362. The molecule has 24 heavy (non-hydrogen) atoms. The molecule has 1 aromatic heterocycles. The smallest absolute Gasteiger partial charge is 0.337 e. The molecule has 0 N–H and O–H groups in total. The number of rotatable bonds is 3. The van der Waals surface area contributed by atoms with Crippen molar-refractivity contribution in [1.29, 1.82) is 5.26 Å². The molecule has 0 fully saturated rings. The van der Waals surface area contributed by atoms with Crippen molar-refractivity contribution in [1.82, 2.24) is 9.78 Å². The van der Waals surface area contributed by atoms with Crippen LogP contribution in [0.2, 0.25) is 0 Å². The number of aromatic nitrogens is 2. The molecule has 0 atom stereocenters. The van der Waals surface area contributed by atoms with Gasteiger partial charge in [0.1, 0.15) is 3.70 Å². The number of halogens is 1. The zero-order valence-electron chi connectivity index (χ0n) is 12.7. The Morgan fingerprint density at radius 2 is 1.83 bits per heavy atom. The lowest BCUT2D eigenvalue weighted by molar-refractivity contribution is 0.0601. The van der Waals surface area contributed by atoms with Crippen LogP contribution in [0.25, 0.3) is 16.9 Å². The van der Waals surface area contributed by atoms with Gasteiger partial charge in [-0.05, 0) is 65.1 Å². The molecule has 0 spiro atoms. The number of ether oxygens (including phenoxy) is 1. The molecule has 0 unspecified atom stereocenters. The maximum absolute atomic E-state index is 11.5. The summed E-state index contributed by atoms with van der Waals surface area (Å²) in [7, 11) is 1.36. The Morgan fingerprint density at radius 3 is 2.42 bits per heavy atom. The van der Waals surface area contributed by atoms with Crippen molar-refractivity contribution >= 4 is 28.6 Å². The van der Waals surface area contributed by atoms with Crippen molar-refractivity contribution in [3.63, 3.8) is 0 Å². The molecule has 0 saturated carbocycles. The van der Waals surface area contributed by atoms with Crippen LogP contribution in [-0.2, 0) is 4.74 Å². The van der Waals surface area contributed by atoms with Gasteiger partial charge in [0.15, 0.2) is 0 Å². The van der Waals surface area contributed by atoms with Gasteiger partial charge in [-0.2, -0.15) is 10.4 Å². The highest BCUT2D eigenvalue weighted by atomic mass is 127. The van der Waals surface area contributed by atoms with Gasteiger partial charge < -0.3 is 4.74 Å². The van der Waals surface area contributed by atoms with E-state index in [9.17, 15) is 4.79 Å². The van der Waals surface area contributed by atoms with Gasteiger partial charge in [-0.3, -0.25) is 0 Å². The molecule has 0 bridgehead atoms. The lowest BCUT2D eigenvalue weighted by atomic mass is 10.1. The number of nitriles is 1. The highest BCUT2D eigenvalue weighted by Gasteiger charge is 2.11. The average molecular weight is 429 g/mol. The number of benzene rings is 2. The van der Waals surface area contributed by atoms with E-state index in [1.165, 1.54) is 7.11 Å². The van der Waals surface area contributed by atoms with Crippen molar-refractivity contribution in [2.45, 2.75) is 0 Å². The van der Waals surface area contributed by atoms with Gasteiger partial charge in [-0.25, -0.2) is 9.48 Å². The first kappa shape index (κ1) is 16.2. The second-order valence-electron chi connectivity index (χ2n) is 4.99. The van der Waals surface area contributed by atoms with Crippen molar-refractivity contribution in [3.8, 4) is 23.0 Å². The largest absolute Gasteiger partial charge is 0.465 e. The van der Waals surface area contributed by atoms with Gasteiger partial charge in [0.2, 0.25) is 0 Å². The number of carbonyl (C=O) groups excluding carboxylic acids is 1. The Hall–Kier alpha value is -2.66. The van der Waals surface area contributed by atoms with Crippen LogP contribution in [0, 0.1) is 15.0 Å². The first-order valence-corrected chi connectivity index (χ1v) is 8.15. The van der Waals surface area contributed by atoms with E-state index in [0.29, 0.717) is 11.1 Å². The van der Waals surface area contributed by atoms with E-state index in [1.807, 2.05) is 35.0 Å². The van der Waals surface area contributed by atoms with E-state index in [4.69, 9.17) is 10.00 Å². The van der Waals surface area contributed by atoms with Crippen LogP contribution < -0.4 is 0 Å². The molecule has 6 heteroatoms. The molecule has 0 aliphatic heterocycles. The second-order valence-corrected chi connectivity index (χ2v) is 6.10. The Kier molecular flexibility index (Phi) is 4.62. The normalized spacial score (nSPS) is 10.2. The molecule has 2 aromatic carbocycles. The van der Waals surface area contributed by atoms with Crippen LogP contribution in [0.4, 0.5) is 0 Å². The number of hydrogen-bond donors (Lipinski definition) is 0. The topological polar surface area (TPSA) is 67.9 Å². The van der Waals surface area contributed by atoms with Crippen LogP contribution in [0.3, 0.4) is 0 Å². The summed E-state index contributed by atoms with van der Waals surface area (Å²) in [5.41, 5.74) is 3.71. The first-order valence-electron chi connectivity index (χ1n) is 7.07. The zero-order valence-corrected chi connectivity index (χ0v) is 14.9. The van der Waals surface area contributed by atoms with Gasteiger partial charge in [-0.1, -0.05) is 12.1 Å². The molecule has 0 amide bonds. The van der Waals surface area contributed by atoms with E-state index in [-0.39, 0.29) is 5.97 Å². The van der Waals surface area contributed by atoms with E-state index >= 15 is 0 Å². The molecular weight excluding hydrogens is 417 g/mol. The van der Waals surface area contributed by atoms with E-state index in [2.05, 4.69) is 33.8 Å². The van der Waals surface area contributed by atoms with E-state index < -0.39 is 0 Å². The maximum atomic E-state index is 11.5. The van der Waals surface area contributed by atoms with Gasteiger partial charge in [0.05, 0.1) is 35.7 Å². The SMILES string of the molecule is COC(=O)c1ccc(-c2cc(I)n(-c3ccc(C#N)cc3)n2)cc1. The molecular formula is C18H12IN3O2. The van der Waals surface area contributed by atoms with Gasteiger partial charge in [0, 0.05) is 5.56 Å². The summed E-state index contributed by atoms with van der Waals surface area (Å²) in [6.45, 7) is 0. The molecule has 1 heterocycles. The standard InChI is InChI=1S/C18H12IN3O2/c1-24-18(23)14-6-4-13(5-7-14)16-10-17(19)22(21-16)15-8-2-12(11-20)3-9-15/h2-10H,1H3. The number of nitrogens with zero attached hydrogens (tertiary/aromatic N) is 3. The summed E-state index contributed by atoms with van der Waals surface area (Å²) in [6, 6.07) is 18.4. The lowest BCUT2D eigenvalue weighted by Crippen LogP contribution is -2.00. The number of carbonyl (C=O) groups is 1. The third-order valence-electron chi connectivity index (χ3n) is 3.51. The Bertz CT molecular complexity index is 922. The molecule has 3 aromatic rings. The van der Waals surface area contributed by atoms with Crippen LogP contribution in [0.15, 0.2) is 54.6 Å². The summed E-state index contributed by atoms with van der Waals surface area (Å²) in [5, 5.41) is 13.5. The lowest BCUT2D eigenvalue weighted by Gasteiger charge is -2.03. The average Bonchev–Trinajstić information content (AvgIpc) is 3.03. The highest BCUT2D eigenvalue weighted by Crippen LogP contribution is 2.23. The fourth-order valence-corrected chi connectivity index (χ4v) is 2.93. The van der Waals surface area contributed by atoms with Crippen LogP contribution in [0.5, 0.6) is 0 Å². The van der Waals surface area contributed by atoms with Crippen molar-refractivity contribution < 1.29 is 9.53 Å². The highest BCUT2D eigenvalue weighted by molar-refractivity contribution is 14.1. The molecule has 118 valence electrons. The van der Waals surface area contributed by atoms with Gasteiger partial charge in [-0.15, -0.1) is 0 Å². The summed E-state index contributed by atoms with van der Waals surface area (Å²) in [5.74, 6) is -0.362. The summed E-state index contributed by atoms with van der Waals surface area (Å²) in [4.78, 5) is 11.5. The minimum Gasteiger partial charge on any atom is -0.465 e. The predicted molar refractivity (Wildman–Crippen MR) is 97.8 cm³/mol. The summed E-state index contributed by atoms with van der Waals surface area (Å²) < 4.78 is 7.46. The first-order chi connectivity index (χ1) is 11.6. The third-order valence-corrected chi connectivity index (χ3v) is 4.28. The van der Waals surface area contributed by atoms with Gasteiger partial charge >= 0.3 is 5.97 Å². The molecule has 3 rings (SSSR count). The minimum atomic E-state index is -0.362. The molecule has 0 aliphatic carbocycles. The quantitative estimate of drug-likeness (QED) is 0.469. The zero-order chi connectivity index (χ0) is 17.1. The van der Waals surface area contributed by atoms with E-state index in [0.717, 1.165) is 20.6 Å². The van der Waals surface area contributed by atoms with Crippen molar-refractivity contribution in [2.24, 2.45) is 0 Å². The van der Waals surface area contributed by atoms with Crippen molar-refractivity contribution in [3.05, 3.63) is 69.4 Å². The third kappa shape index (κ3) is 3.16. The fraction of sp³-hybridized carbons (Fsp3) is 0.0556. The number of methoxy groups -OCH3 is 1. The Balaban J connectivity index is 1.93. The van der Waals surface area contributed by atoms with E-state index in [1.54, 1.807) is 24.3 Å². The summed E-state index contributed by atoms with van der Waals surface area (Å²) >= 11 is 2.21. The van der Waals surface area contributed by atoms with Crippen LogP contribution in [0.1, 0.15) is 15.9 Å². The van der Waals surface area contributed by atoms with Crippen molar-refractivity contribution in [2.75, 3.05) is 7.11 Å². The molecule has 0 aliphatic rings. The Labute approximate surface area is 152 Å². The monoisotopic (exact) mass is 429 g/mol. The van der Waals surface area contributed by atoms with Gasteiger partial charge in [0.25, 0.3) is 0 Å². The Morgan fingerprint density at radius 1 is 1.17 bits per heavy atom. The summed E-state index contributed by atoms with van der Waals surface area (Å²) in [6.07, 6.45) is 0. The maximum Gasteiger partial charge on any atom is 0.337 e. The number of hydrogen-bond acceptors (Lipinski definition) is 4. The molecule has 5 nitrogen and oxygen atoms in total. The van der Waals surface area contributed by atoms with Crippen LogP contribution >= 0.6 is 22.6 Å². The fourth-order valence-electron chi connectivity index (χ4n) is 2.25. The van der Waals surface area contributed by atoms with Crippen LogP contribution in [-0.4, -0.2) is 22.9 Å².